The van der Waals surface area contributed by atoms with E-state index in [9.17, 15) is 19.2 Å². The van der Waals surface area contributed by atoms with E-state index < -0.39 is 35.1 Å². The van der Waals surface area contributed by atoms with Crippen LogP contribution in [-0.2, 0) is 9.53 Å². The summed E-state index contributed by atoms with van der Waals surface area (Å²) in [6.45, 7) is 0. The first-order valence-corrected chi connectivity index (χ1v) is 7.52. The fourth-order valence-electron chi connectivity index (χ4n) is 3.04. The molecule has 0 fully saturated rings. The van der Waals surface area contributed by atoms with Gasteiger partial charge in [0.2, 0.25) is 0 Å². The number of aromatic nitrogens is 2. The van der Waals surface area contributed by atoms with Crippen molar-refractivity contribution in [3.63, 3.8) is 0 Å². The number of ether oxygens (including phenoxy) is 1. The van der Waals surface area contributed by atoms with Gasteiger partial charge in [-0.2, -0.15) is 0 Å². The van der Waals surface area contributed by atoms with E-state index in [4.69, 9.17) is 10.5 Å². The number of amides is 1. The Morgan fingerprint density at radius 1 is 1.20 bits per heavy atom. The highest BCUT2D eigenvalue weighted by molar-refractivity contribution is 5.97. The van der Waals surface area contributed by atoms with Crippen molar-refractivity contribution in [3.8, 4) is 0 Å². The summed E-state index contributed by atoms with van der Waals surface area (Å²) in [7, 11) is 1.30. The highest BCUT2D eigenvalue weighted by Gasteiger charge is 2.37. The monoisotopic (exact) mass is 344 g/mol. The van der Waals surface area contributed by atoms with Crippen LogP contribution in [0, 0.1) is 0 Å². The normalized spacial score (nSPS) is 18.4. The van der Waals surface area contributed by atoms with Gasteiger partial charge in [0.1, 0.15) is 11.4 Å². The average molecular weight is 344 g/mol. The van der Waals surface area contributed by atoms with Gasteiger partial charge in [-0.3, -0.25) is 19.4 Å². The third-order valence-corrected chi connectivity index (χ3v) is 4.22. The number of nitrogens with two attached hydrogens (primary N) is 1. The standard InChI is InChI=1S/C16H16N4O5/c1-25-15(23)9-6-10(8-5-3-2-4-7(8)9)18-14(22)12-11(17)13(21)20-16(24)19-12/h2-5,9-10H,6,17H2,1H3,(H,18,22)(H2,19,20,21,24). The van der Waals surface area contributed by atoms with Crippen LogP contribution in [0.2, 0.25) is 0 Å². The number of hydrogen-bond acceptors (Lipinski definition) is 6. The number of carbonyl (C=O) groups is 2. The fourth-order valence-corrected chi connectivity index (χ4v) is 3.04. The van der Waals surface area contributed by atoms with Gasteiger partial charge in [0.15, 0.2) is 0 Å². The van der Waals surface area contributed by atoms with Crippen molar-refractivity contribution in [2.24, 2.45) is 0 Å². The molecule has 2 aromatic rings. The summed E-state index contributed by atoms with van der Waals surface area (Å²) in [6.07, 6.45) is 0.311. The lowest BCUT2D eigenvalue weighted by atomic mass is 10.0. The molecule has 5 N–H and O–H groups in total. The van der Waals surface area contributed by atoms with Gasteiger partial charge in [-0.15, -0.1) is 0 Å². The highest BCUT2D eigenvalue weighted by atomic mass is 16.5. The first-order chi connectivity index (χ1) is 11.9. The summed E-state index contributed by atoms with van der Waals surface area (Å²) in [5.74, 6) is -1.60. The number of benzene rings is 1. The summed E-state index contributed by atoms with van der Waals surface area (Å²) in [4.78, 5) is 51.5. The molecule has 9 heteroatoms. The maximum Gasteiger partial charge on any atom is 0.326 e. The van der Waals surface area contributed by atoms with Gasteiger partial charge in [-0.25, -0.2) is 4.79 Å². The molecule has 9 nitrogen and oxygen atoms in total. The molecule has 0 saturated carbocycles. The number of fused-ring (bicyclic) bond motifs is 1. The lowest BCUT2D eigenvalue weighted by Crippen LogP contribution is -2.35. The number of anilines is 1. The molecule has 1 aliphatic rings. The van der Waals surface area contributed by atoms with Crippen LogP contribution in [0.5, 0.6) is 0 Å². The number of carbonyl (C=O) groups excluding carboxylic acids is 2. The smallest absolute Gasteiger partial charge is 0.326 e. The van der Waals surface area contributed by atoms with Gasteiger partial charge < -0.3 is 20.8 Å². The third-order valence-electron chi connectivity index (χ3n) is 4.22. The van der Waals surface area contributed by atoms with Gasteiger partial charge in [0.25, 0.3) is 11.5 Å². The Morgan fingerprint density at radius 3 is 2.56 bits per heavy atom. The summed E-state index contributed by atoms with van der Waals surface area (Å²) in [5.41, 5.74) is 4.75. The van der Waals surface area contributed by atoms with E-state index in [0.29, 0.717) is 6.42 Å². The van der Waals surface area contributed by atoms with Gasteiger partial charge in [0, 0.05) is 0 Å². The number of nitrogen functional groups attached to an aromatic ring is 1. The number of hydrogen-bond donors (Lipinski definition) is 4. The van der Waals surface area contributed by atoms with E-state index in [2.05, 4.69) is 10.3 Å². The van der Waals surface area contributed by atoms with Crippen molar-refractivity contribution < 1.29 is 14.3 Å². The van der Waals surface area contributed by atoms with Crippen molar-refractivity contribution in [1.82, 2.24) is 15.3 Å². The number of esters is 1. The lowest BCUT2D eigenvalue weighted by Gasteiger charge is -2.14. The Bertz CT molecular complexity index is 961. The van der Waals surface area contributed by atoms with Crippen LogP contribution >= 0.6 is 0 Å². The zero-order chi connectivity index (χ0) is 18.1. The summed E-state index contributed by atoms with van der Waals surface area (Å²) in [5, 5.41) is 2.71. The molecule has 3 rings (SSSR count). The molecule has 0 bridgehead atoms. The lowest BCUT2D eigenvalue weighted by molar-refractivity contribution is -0.142. The fraction of sp³-hybridized carbons (Fsp3) is 0.250. The van der Waals surface area contributed by atoms with Crippen LogP contribution in [0.1, 0.15) is 40.0 Å². The molecule has 130 valence electrons. The van der Waals surface area contributed by atoms with E-state index in [0.717, 1.165) is 11.1 Å². The van der Waals surface area contributed by atoms with E-state index >= 15 is 0 Å². The zero-order valence-electron chi connectivity index (χ0n) is 13.3. The third kappa shape index (κ3) is 2.91. The Kier molecular flexibility index (Phi) is 4.14. The minimum atomic E-state index is -0.840. The topological polar surface area (TPSA) is 147 Å². The second-order valence-corrected chi connectivity index (χ2v) is 5.66. The minimum Gasteiger partial charge on any atom is -0.469 e. The number of nitrogens with one attached hydrogen (secondary N) is 3. The van der Waals surface area contributed by atoms with Gasteiger partial charge in [-0.05, 0) is 17.5 Å². The van der Waals surface area contributed by atoms with Crippen molar-refractivity contribution in [2.75, 3.05) is 12.8 Å². The molecule has 0 aliphatic heterocycles. The van der Waals surface area contributed by atoms with Crippen molar-refractivity contribution in [1.29, 1.82) is 0 Å². The largest absolute Gasteiger partial charge is 0.469 e. The predicted molar refractivity (Wildman–Crippen MR) is 88.1 cm³/mol. The number of H-pyrrole nitrogens is 2. The van der Waals surface area contributed by atoms with Crippen molar-refractivity contribution >= 4 is 17.6 Å². The zero-order valence-corrected chi connectivity index (χ0v) is 13.3. The minimum absolute atomic E-state index is 0.311. The molecular weight excluding hydrogens is 328 g/mol. The Hall–Kier alpha value is -3.36. The van der Waals surface area contributed by atoms with Crippen LogP contribution in [0.4, 0.5) is 5.69 Å². The first-order valence-electron chi connectivity index (χ1n) is 7.52. The van der Waals surface area contributed by atoms with E-state index in [1.807, 2.05) is 4.98 Å². The first kappa shape index (κ1) is 16.5. The molecule has 1 amide bonds. The molecule has 1 aromatic carbocycles. The maximum absolute atomic E-state index is 12.5. The maximum atomic E-state index is 12.5. The second kappa shape index (κ2) is 6.27. The molecule has 0 radical (unpaired) electrons. The predicted octanol–water partition coefficient (Wildman–Crippen LogP) is -0.223. The molecular formula is C16H16N4O5. The van der Waals surface area contributed by atoms with Gasteiger partial charge >= 0.3 is 11.7 Å². The molecule has 2 atom stereocenters. The van der Waals surface area contributed by atoms with Gasteiger partial charge in [-0.1, -0.05) is 24.3 Å². The summed E-state index contributed by atoms with van der Waals surface area (Å²) in [6, 6.07) is 6.71. The Balaban J connectivity index is 1.92. The summed E-state index contributed by atoms with van der Waals surface area (Å²) >= 11 is 0. The van der Waals surface area contributed by atoms with Crippen molar-refractivity contribution in [2.45, 2.75) is 18.4 Å². The Morgan fingerprint density at radius 2 is 1.88 bits per heavy atom. The van der Waals surface area contributed by atoms with Crippen LogP contribution in [0.3, 0.4) is 0 Å². The molecule has 1 heterocycles. The molecule has 2 unspecified atom stereocenters. The molecule has 25 heavy (non-hydrogen) atoms. The van der Waals surface area contributed by atoms with Gasteiger partial charge in [0.05, 0.1) is 19.1 Å². The number of rotatable bonds is 3. The molecule has 0 spiro atoms. The van der Waals surface area contributed by atoms with E-state index in [-0.39, 0.29) is 11.4 Å². The van der Waals surface area contributed by atoms with E-state index in [1.165, 1.54) is 7.11 Å². The number of methoxy groups -OCH3 is 1. The second-order valence-electron chi connectivity index (χ2n) is 5.66. The molecule has 1 aliphatic carbocycles. The highest BCUT2D eigenvalue weighted by Crippen LogP contribution is 2.40. The molecule has 0 saturated heterocycles. The SMILES string of the molecule is COC(=O)C1CC(NC(=O)c2[nH]c(=O)[nH]c(=O)c2N)c2ccccc21. The molecule has 1 aromatic heterocycles. The summed E-state index contributed by atoms with van der Waals surface area (Å²) < 4.78 is 4.81. The van der Waals surface area contributed by atoms with E-state index in [1.54, 1.807) is 24.3 Å². The average Bonchev–Trinajstić information content (AvgIpc) is 2.96. The van der Waals surface area contributed by atoms with Crippen LogP contribution in [0.25, 0.3) is 0 Å². The quantitative estimate of drug-likeness (QED) is 0.566. The van der Waals surface area contributed by atoms with Crippen LogP contribution in [0.15, 0.2) is 33.9 Å². The Labute approximate surface area is 141 Å². The van der Waals surface area contributed by atoms with Crippen molar-refractivity contribution in [3.05, 3.63) is 61.9 Å². The number of aromatic amines is 2. The van der Waals surface area contributed by atoms with Crippen LogP contribution < -0.4 is 22.3 Å². The van der Waals surface area contributed by atoms with Crippen LogP contribution in [-0.4, -0.2) is 29.0 Å².